The van der Waals surface area contributed by atoms with E-state index in [4.69, 9.17) is 11.6 Å². The lowest BCUT2D eigenvalue weighted by Gasteiger charge is -2.02. The number of rotatable bonds is 2. The van der Waals surface area contributed by atoms with Crippen molar-refractivity contribution in [1.29, 1.82) is 0 Å². The molecule has 0 unspecified atom stereocenters. The molecule has 2 aromatic rings. The smallest absolute Gasteiger partial charge is 0.235 e. The van der Waals surface area contributed by atoms with Crippen LogP contribution in [0.1, 0.15) is 5.56 Å². The van der Waals surface area contributed by atoms with Crippen LogP contribution in [0.15, 0.2) is 35.3 Å². The van der Waals surface area contributed by atoms with Gasteiger partial charge in [0, 0.05) is 10.9 Å². The fourth-order valence-electron chi connectivity index (χ4n) is 1.36. The molecule has 0 spiro atoms. The number of isocyanates is 1. The fraction of sp³-hybridized carbons (Fsp3) is 0.0909. The van der Waals surface area contributed by atoms with Crippen molar-refractivity contribution < 1.29 is 4.79 Å². The van der Waals surface area contributed by atoms with Crippen molar-refractivity contribution in [2.45, 2.75) is 6.54 Å². The van der Waals surface area contributed by atoms with Crippen LogP contribution in [0.25, 0.3) is 10.9 Å². The van der Waals surface area contributed by atoms with Gasteiger partial charge in [0.1, 0.15) is 5.15 Å². The standard InChI is InChI=1S/C11H7ClN2O/c12-11-9(6-13-7-15)5-8-3-1-2-4-10(8)14-11/h1-5H,6H2. The lowest BCUT2D eigenvalue weighted by molar-refractivity contribution is 0.563. The summed E-state index contributed by atoms with van der Waals surface area (Å²) in [6.45, 7) is 0.222. The zero-order chi connectivity index (χ0) is 10.7. The number of para-hydroxylation sites is 1. The van der Waals surface area contributed by atoms with E-state index in [-0.39, 0.29) is 6.54 Å². The van der Waals surface area contributed by atoms with Gasteiger partial charge in [0.2, 0.25) is 6.08 Å². The maximum Gasteiger partial charge on any atom is 0.235 e. The van der Waals surface area contributed by atoms with Gasteiger partial charge >= 0.3 is 0 Å². The van der Waals surface area contributed by atoms with Gasteiger partial charge in [-0.3, -0.25) is 0 Å². The minimum absolute atomic E-state index is 0.222. The predicted molar refractivity (Wildman–Crippen MR) is 58.6 cm³/mol. The molecule has 0 radical (unpaired) electrons. The van der Waals surface area contributed by atoms with Crippen LogP contribution in [-0.2, 0) is 11.3 Å². The average molecular weight is 219 g/mol. The van der Waals surface area contributed by atoms with E-state index in [1.807, 2.05) is 30.3 Å². The first-order chi connectivity index (χ1) is 7.31. The number of nitrogens with zero attached hydrogens (tertiary/aromatic N) is 2. The number of pyridine rings is 1. The van der Waals surface area contributed by atoms with Crippen LogP contribution in [0.5, 0.6) is 0 Å². The van der Waals surface area contributed by atoms with Crippen molar-refractivity contribution in [3.63, 3.8) is 0 Å². The van der Waals surface area contributed by atoms with Gasteiger partial charge in [-0.1, -0.05) is 29.8 Å². The number of benzene rings is 1. The van der Waals surface area contributed by atoms with E-state index in [0.29, 0.717) is 5.15 Å². The van der Waals surface area contributed by atoms with Crippen LogP contribution in [0.4, 0.5) is 0 Å². The Balaban J connectivity index is 2.56. The Morgan fingerprint density at radius 1 is 1.40 bits per heavy atom. The van der Waals surface area contributed by atoms with E-state index in [2.05, 4.69) is 9.98 Å². The Labute approximate surface area is 91.4 Å². The number of hydrogen-bond acceptors (Lipinski definition) is 3. The minimum Gasteiger partial charge on any atom is -0.236 e. The minimum atomic E-state index is 0.222. The van der Waals surface area contributed by atoms with E-state index in [0.717, 1.165) is 16.5 Å². The van der Waals surface area contributed by atoms with Crippen molar-refractivity contribution in [1.82, 2.24) is 4.98 Å². The first kappa shape index (κ1) is 9.84. The third-order valence-electron chi connectivity index (χ3n) is 2.06. The van der Waals surface area contributed by atoms with E-state index in [1.54, 1.807) is 0 Å². The molecule has 0 aliphatic rings. The number of aliphatic imine (C=N–C) groups is 1. The van der Waals surface area contributed by atoms with Crippen molar-refractivity contribution >= 4 is 28.6 Å². The zero-order valence-corrected chi connectivity index (χ0v) is 8.53. The highest BCUT2D eigenvalue weighted by atomic mass is 35.5. The van der Waals surface area contributed by atoms with E-state index >= 15 is 0 Å². The van der Waals surface area contributed by atoms with E-state index in [1.165, 1.54) is 6.08 Å². The van der Waals surface area contributed by atoms with Crippen LogP contribution in [0, 0.1) is 0 Å². The van der Waals surface area contributed by atoms with Crippen molar-refractivity contribution in [3.05, 3.63) is 41.0 Å². The Morgan fingerprint density at radius 2 is 2.20 bits per heavy atom. The lowest BCUT2D eigenvalue weighted by Crippen LogP contribution is -1.88. The van der Waals surface area contributed by atoms with Crippen molar-refractivity contribution in [2.24, 2.45) is 4.99 Å². The van der Waals surface area contributed by atoms with Crippen molar-refractivity contribution in [3.8, 4) is 0 Å². The Bertz CT molecular complexity index is 547. The van der Waals surface area contributed by atoms with E-state index < -0.39 is 0 Å². The number of hydrogen-bond donors (Lipinski definition) is 0. The first-order valence-electron chi connectivity index (χ1n) is 4.39. The molecule has 15 heavy (non-hydrogen) atoms. The summed E-state index contributed by atoms with van der Waals surface area (Å²) in [4.78, 5) is 17.7. The quantitative estimate of drug-likeness (QED) is 0.442. The Morgan fingerprint density at radius 3 is 3.00 bits per heavy atom. The second-order valence-electron chi connectivity index (χ2n) is 3.04. The molecule has 0 aliphatic carbocycles. The van der Waals surface area contributed by atoms with Crippen LogP contribution in [0.3, 0.4) is 0 Å². The Hall–Kier alpha value is -1.70. The molecule has 0 atom stereocenters. The maximum atomic E-state index is 10.00. The highest BCUT2D eigenvalue weighted by Crippen LogP contribution is 2.20. The molecule has 0 N–H and O–H groups in total. The van der Waals surface area contributed by atoms with Gasteiger partial charge in [-0.2, -0.15) is 0 Å². The lowest BCUT2D eigenvalue weighted by atomic mass is 10.1. The normalized spacial score (nSPS) is 9.93. The summed E-state index contributed by atoms with van der Waals surface area (Å²) in [6, 6.07) is 9.52. The molecule has 0 saturated heterocycles. The van der Waals surface area contributed by atoms with Gasteiger partial charge in [-0.05, 0) is 12.1 Å². The van der Waals surface area contributed by atoms with Crippen LogP contribution in [-0.4, -0.2) is 11.1 Å². The molecule has 74 valence electrons. The molecule has 1 aromatic carbocycles. The summed E-state index contributed by atoms with van der Waals surface area (Å²) >= 11 is 5.94. The summed E-state index contributed by atoms with van der Waals surface area (Å²) < 4.78 is 0. The van der Waals surface area contributed by atoms with Crippen LogP contribution in [0.2, 0.25) is 5.15 Å². The van der Waals surface area contributed by atoms with E-state index in [9.17, 15) is 4.79 Å². The first-order valence-corrected chi connectivity index (χ1v) is 4.77. The number of aromatic nitrogens is 1. The molecule has 0 bridgehead atoms. The second-order valence-corrected chi connectivity index (χ2v) is 3.40. The highest BCUT2D eigenvalue weighted by molar-refractivity contribution is 6.30. The van der Waals surface area contributed by atoms with Crippen LogP contribution < -0.4 is 0 Å². The van der Waals surface area contributed by atoms with Gasteiger partial charge in [0.05, 0.1) is 12.1 Å². The molecule has 1 heterocycles. The molecule has 4 heteroatoms. The van der Waals surface area contributed by atoms with Gasteiger partial charge in [-0.25, -0.2) is 14.8 Å². The summed E-state index contributed by atoms with van der Waals surface area (Å²) in [7, 11) is 0. The SMILES string of the molecule is O=C=NCc1cc2ccccc2nc1Cl. The second kappa shape index (κ2) is 4.22. The predicted octanol–water partition coefficient (Wildman–Crippen LogP) is 2.72. The molecule has 0 amide bonds. The summed E-state index contributed by atoms with van der Waals surface area (Å²) in [5, 5.41) is 1.37. The summed E-state index contributed by atoms with van der Waals surface area (Å²) in [5.41, 5.74) is 1.57. The maximum absolute atomic E-state index is 10.00. The van der Waals surface area contributed by atoms with Gasteiger partial charge in [0.15, 0.2) is 0 Å². The number of carbonyl (C=O) groups excluding carboxylic acids is 1. The molecule has 2 rings (SSSR count). The Kier molecular flexibility index (Phi) is 2.77. The summed E-state index contributed by atoms with van der Waals surface area (Å²) in [6.07, 6.45) is 1.48. The van der Waals surface area contributed by atoms with Crippen LogP contribution >= 0.6 is 11.6 Å². The molecule has 0 aliphatic heterocycles. The third-order valence-corrected chi connectivity index (χ3v) is 2.39. The highest BCUT2D eigenvalue weighted by Gasteiger charge is 2.03. The fourth-order valence-corrected chi connectivity index (χ4v) is 1.57. The van der Waals surface area contributed by atoms with Gasteiger partial charge in [0.25, 0.3) is 0 Å². The third kappa shape index (κ3) is 2.04. The monoisotopic (exact) mass is 218 g/mol. The molecule has 0 fully saturated rings. The molecular weight excluding hydrogens is 212 g/mol. The van der Waals surface area contributed by atoms with Crippen molar-refractivity contribution in [2.75, 3.05) is 0 Å². The van der Waals surface area contributed by atoms with Gasteiger partial charge in [-0.15, -0.1) is 0 Å². The molecular formula is C11H7ClN2O. The molecule has 1 aromatic heterocycles. The number of halogens is 1. The molecule has 3 nitrogen and oxygen atoms in total. The number of fused-ring (bicyclic) bond motifs is 1. The summed E-state index contributed by atoms with van der Waals surface area (Å²) in [5.74, 6) is 0. The molecule has 0 saturated carbocycles. The largest absolute Gasteiger partial charge is 0.236 e. The topological polar surface area (TPSA) is 42.3 Å². The van der Waals surface area contributed by atoms with Gasteiger partial charge < -0.3 is 0 Å². The zero-order valence-electron chi connectivity index (χ0n) is 7.77. The average Bonchev–Trinajstić information content (AvgIpc) is 2.26.